The first-order chi connectivity index (χ1) is 7.95. The van der Waals surface area contributed by atoms with Gasteiger partial charge in [0.1, 0.15) is 0 Å². The van der Waals surface area contributed by atoms with Crippen LogP contribution < -0.4 is 5.32 Å². The average Bonchev–Trinajstić information content (AvgIpc) is 2.27. The smallest absolute Gasteiger partial charge is 0.231 e. The van der Waals surface area contributed by atoms with E-state index in [0.29, 0.717) is 0 Å². The summed E-state index contributed by atoms with van der Waals surface area (Å²) in [6.45, 7) is 13.8. The number of carbonyl (C=O) groups is 1. The second-order valence-corrected chi connectivity index (χ2v) is 4.57. The van der Waals surface area contributed by atoms with Crippen molar-refractivity contribution in [2.75, 3.05) is 0 Å². The fourth-order valence-corrected chi connectivity index (χ4v) is 1.88. The number of piperidine rings is 1. The number of carbonyl (C=O) groups excluding carboxylic acids is 1. The summed E-state index contributed by atoms with van der Waals surface area (Å²) in [7, 11) is 0. The van der Waals surface area contributed by atoms with Crippen LogP contribution >= 0.6 is 0 Å². The molecule has 0 aromatic rings. The number of amides is 1. The molecule has 1 saturated heterocycles. The summed E-state index contributed by atoms with van der Waals surface area (Å²) in [5.74, 6) is 0.0165. The van der Waals surface area contributed by atoms with Crippen LogP contribution in [0.5, 0.6) is 0 Å². The normalized spacial score (nSPS) is 22.4. The molecule has 2 nitrogen and oxygen atoms in total. The Morgan fingerprint density at radius 2 is 2.12 bits per heavy atom. The summed E-state index contributed by atoms with van der Waals surface area (Å²) in [6.07, 6.45) is 5.73. The van der Waals surface area contributed by atoms with Crippen molar-refractivity contribution in [1.82, 2.24) is 5.32 Å². The SMILES string of the molecule is C=C1CCC(/C(C)=C/C(=C)/C(C)=C\C)C(=O)N1. The van der Waals surface area contributed by atoms with E-state index in [1.54, 1.807) is 0 Å². The van der Waals surface area contributed by atoms with E-state index >= 15 is 0 Å². The van der Waals surface area contributed by atoms with Gasteiger partial charge in [-0.05, 0) is 44.8 Å². The van der Waals surface area contributed by atoms with Gasteiger partial charge in [-0.2, -0.15) is 0 Å². The minimum absolute atomic E-state index is 0.0399. The van der Waals surface area contributed by atoms with E-state index in [1.807, 2.05) is 32.9 Å². The third kappa shape index (κ3) is 3.45. The van der Waals surface area contributed by atoms with Gasteiger partial charge in [0, 0.05) is 5.70 Å². The predicted molar refractivity (Wildman–Crippen MR) is 72.3 cm³/mol. The highest BCUT2D eigenvalue weighted by atomic mass is 16.1. The van der Waals surface area contributed by atoms with Crippen molar-refractivity contribution in [2.24, 2.45) is 5.92 Å². The molecule has 1 amide bonds. The molecule has 0 aromatic carbocycles. The van der Waals surface area contributed by atoms with Crippen molar-refractivity contribution in [3.8, 4) is 0 Å². The number of hydrogen-bond donors (Lipinski definition) is 1. The van der Waals surface area contributed by atoms with Crippen LogP contribution in [0.4, 0.5) is 0 Å². The van der Waals surface area contributed by atoms with Crippen LogP contribution in [0, 0.1) is 5.92 Å². The lowest BCUT2D eigenvalue weighted by atomic mass is 9.89. The molecule has 1 aliphatic heterocycles. The minimum Gasteiger partial charge on any atom is -0.330 e. The van der Waals surface area contributed by atoms with Crippen LogP contribution in [0.1, 0.15) is 33.6 Å². The minimum atomic E-state index is -0.0399. The van der Waals surface area contributed by atoms with Gasteiger partial charge >= 0.3 is 0 Å². The van der Waals surface area contributed by atoms with Crippen LogP contribution in [0.25, 0.3) is 0 Å². The zero-order chi connectivity index (χ0) is 13.0. The second-order valence-electron chi connectivity index (χ2n) is 4.57. The Morgan fingerprint density at radius 1 is 1.47 bits per heavy atom. The first kappa shape index (κ1) is 13.5. The lowest BCUT2D eigenvalue weighted by Gasteiger charge is -2.24. The maximum atomic E-state index is 11.8. The fraction of sp³-hybridized carbons (Fsp3) is 0.400. The Labute approximate surface area is 104 Å². The monoisotopic (exact) mass is 231 g/mol. The Morgan fingerprint density at radius 3 is 2.65 bits per heavy atom. The van der Waals surface area contributed by atoms with Gasteiger partial charge < -0.3 is 5.32 Å². The lowest BCUT2D eigenvalue weighted by Crippen LogP contribution is -2.35. The molecule has 0 radical (unpaired) electrons. The summed E-state index contributed by atoms with van der Waals surface area (Å²) in [5.41, 5.74) is 4.01. The van der Waals surface area contributed by atoms with E-state index in [-0.39, 0.29) is 11.8 Å². The highest BCUT2D eigenvalue weighted by Gasteiger charge is 2.25. The second kappa shape index (κ2) is 5.67. The van der Waals surface area contributed by atoms with Gasteiger partial charge in [0.25, 0.3) is 0 Å². The van der Waals surface area contributed by atoms with E-state index in [2.05, 4.69) is 18.5 Å². The fourth-order valence-electron chi connectivity index (χ4n) is 1.88. The summed E-state index contributed by atoms with van der Waals surface area (Å²) >= 11 is 0. The van der Waals surface area contributed by atoms with Crippen molar-refractivity contribution in [3.63, 3.8) is 0 Å². The van der Waals surface area contributed by atoms with Crippen LogP contribution in [-0.2, 0) is 4.79 Å². The van der Waals surface area contributed by atoms with Gasteiger partial charge in [-0.15, -0.1) is 0 Å². The summed E-state index contributed by atoms with van der Waals surface area (Å²) < 4.78 is 0. The highest BCUT2D eigenvalue weighted by Crippen LogP contribution is 2.25. The maximum Gasteiger partial charge on any atom is 0.231 e. The van der Waals surface area contributed by atoms with Crippen molar-refractivity contribution in [1.29, 1.82) is 0 Å². The number of hydrogen-bond acceptors (Lipinski definition) is 1. The van der Waals surface area contributed by atoms with Crippen molar-refractivity contribution >= 4 is 5.91 Å². The third-order valence-corrected chi connectivity index (χ3v) is 3.24. The maximum absolute atomic E-state index is 11.8. The number of nitrogens with one attached hydrogen (secondary N) is 1. The standard InChI is InChI=1S/C15H21NO/c1-6-10(2)11(3)9-12(4)14-8-7-13(5)16-15(14)17/h6,9,14H,3,5,7-8H2,1-2,4H3,(H,16,17)/b10-6-,12-9+. The molecule has 1 unspecified atom stereocenters. The molecule has 1 fully saturated rings. The molecular weight excluding hydrogens is 210 g/mol. The largest absolute Gasteiger partial charge is 0.330 e. The van der Waals surface area contributed by atoms with E-state index in [1.165, 1.54) is 0 Å². The van der Waals surface area contributed by atoms with Gasteiger partial charge in [0.05, 0.1) is 5.92 Å². The van der Waals surface area contributed by atoms with Crippen molar-refractivity contribution in [3.05, 3.63) is 47.7 Å². The molecule has 0 spiro atoms. The summed E-state index contributed by atoms with van der Waals surface area (Å²) in [6, 6.07) is 0. The molecule has 1 N–H and O–H groups in total. The van der Waals surface area contributed by atoms with Gasteiger partial charge in [0.15, 0.2) is 0 Å². The molecule has 0 aromatic heterocycles. The molecule has 92 valence electrons. The zero-order valence-corrected chi connectivity index (χ0v) is 11.0. The van der Waals surface area contributed by atoms with E-state index in [0.717, 1.165) is 35.3 Å². The van der Waals surface area contributed by atoms with Crippen molar-refractivity contribution in [2.45, 2.75) is 33.6 Å². The van der Waals surface area contributed by atoms with E-state index in [9.17, 15) is 4.79 Å². The lowest BCUT2D eigenvalue weighted by molar-refractivity contribution is -0.124. The van der Waals surface area contributed by atoms with E-state index in [4.69, 9.17) is 0 Å². The van der Waals surface area contributed by atoms with Crippen molar-refractivity contribution < 1.29 is 4.79 Å². The van der Waals surface area contributed by atoms with Crippen LogP contribution in [0.3, 0.4) is 0 Å². The Hall–Kier alpha value is -1.57. The molecule has 0 aliphatic carbocycles. The van der Waals surface area contributed by atoms with Gasteiger partial charge in [-0.25, -0.2) is 0 Å². The Kier molecular flexibility index (Phi) is 4.50. The summed E-state index contributed by atoms with van der Waals surface area (Å²) in [4.78, 5) is 11.8. The van der Waals surface area contributed by atoms with Crippen LogP contribution in [-0.4, -0.2) is 5.91 Å². The topological polar surface area (TPSA) is 29.1 Å². The molecule has 1 aliphatic rings. The zero-order valence-electron chi connectivity index (χ0n) is 11.0. The quantitative estimate of drug-likeness (QED) is 0.740. The first-order valence-corrected chi connectivity index (χ1v) is 5.94. The van der Waals surface area contributed by atoms with Gasteiger partial charge in [-0.1, -0.05) is 30.9 Å². The molecule has 17 heavy (non-hydrogen) atoms. The molecule has 0 saturated carbocycles. The Balaban J connectivity index is 2.79. The average molecular weight is 231 g/mol. The first-order valence-electron chi connectivity index (χ1n) is 5.94. The summed E-state index contributed by atoms with van der Waals surface area (Å²) in [5, 5.41) is 2.81. The predicted octanol–water partition coefficient (Wildman–Crippen LogP) is 3.50. The van der Waals surface area contributed by atoms with Crippen LogP contribution in [0.15, 0.2) is 47.7 Å². The number of allylic oxidation sites excluding steroid dienone is 5. The molecule has 2 heteroatoms. The molecule has 0 bridgehead atoms. The van der Waals surface area contributed by atoms with E-state index < -0.39 is 0 Å². The molecular formula is C15H21NO. The highest BCUT2D eigenvalue weighted by molar-refractivity contribution is 5.84. The molecule has 1 rings (SSSR count). The Bertz CT molecular complexity index is 413. The number of rotatable bonds is 3. The molecule has 1 atom stereocenters. The van der Waals surface area contributed by atoms with Crippen LogP contribution in [0.2, 0.25) is 0 Å². The van der Waals surface area contributed by atoms with Gasteiger partial charge in [-0.3, -0.25) is 4.79 Å². The van der Waals surface area contributed by atoms with Gasteiger partial charge in [0.2, 0.25) is 5.91 Å². The third-order valence-electron chi connectivity index (χ3n) is 3.24. The molecule has 1 heterocycles.